The molecule has 0 saturated heterocycles. The number of halogens is 1. The first-order valence-corrected chi connectivity index (χ1v) is 6.49. The fraction of sp³-hybridized carbons (Fsp3) is 0.615. The van der Waals surface area contributed by atoms with Gasteiger partial charge in [0.1, 0.15) is 5.15 Å². The largest absolute Gasteiger partial charge is 0.310 e. The van der Waals surface area contributed by atoms with Crippen LogP contribution in [0.3, 0.4) is 0 Å². The predicted octanol–water partition coefficient (Wildman–Crippen LogP) is 3.58. The number of nitrogens with zero attached hydrogens (tertiary/aromatic N) is 1. The highest BCUT2D eigenvalue weighted by Crippen LogP contribution is 2.29. The summed E-state index contributed by atoms with van der Waals surface area (Å²) in [6.45, 7) is 3.22. The number of rotatable bonds is 5. The molecular formula is C13H19ClN2. The third-order valence-corrected chi connectivity index (χ3v) is 3.80. The van der Waals surface area contributed by atoms with Gasteiger partial charge in [-0.1, -0.05) is 36.9 Å². The maximum Gasteiger partial charge on any atom is 0.133 e. The van der Waals surface area contributed by atoms with Gasteiger partial charge in [0.2, 0.25) is 0 Å². The molecular weight excluding hydrogens is 220 g/mol. The SMILES string of the molecule is CC(NCCC1CCC1)c1cccnc1Cl. The zero-order valence-electron chi connectivity index (χ0n) is 9.75. The average Bonchev–Trinajstić information content (AvgIpc) is 2.22. The van der Waals surface area contributed by atoms with E-state index in [4.69, 9.17) is 11.6 Å². The van der Waals surface area contributed by atoms with Gasteiger partial charge in [0.25, 0.3) is 0 Å². The van der Waals surface area contributed by atoms with E-state index < -0.39 is 0 Å². The van der Waals surface area contributed by atoms with Crippen LogP contribution in [0.25, 0.3) is 0 Å². The Hall–Kier alpha value is -0.600. The number of hydrogen-bond donors (Lipinski definition) is 1. The molecule has 16 heavy (non-hydrogen) atoms. The van der Waals surface area contributed by atoms with E-state index in [0.717, 1.165) is 18.0 Å². The highest BCUT2D eigenvalue weighted by molar-refractivity contribution is 6.30. The van der Waals surface area contributed by atoms with Crippen molar-refractivity contribution in [2.75, 3.05) is 6.54 Å². The molecule has 0 spiro atoms. The van der Waals surface area contributed by atoms with E-state index in [1.807, 2.05) is 12.1 Å². The van der Waals surface area contributed by atoms with Crippen molar-refractivity contribution in [3.8, 4) is 0 Å². The Labute approximate surface area is 102 Å². The lowest BCUT2D eigenvalue weighted by Gasteiger charge is -2.26. The van der Waals surface area contributed by atoms with E-state index in [9.17, 15) is 0 Å². The molecule has 1 N–H and O–H groups in total. The van der Waals surface area contributed by atoms with Crippen LogP contribution < -0.4 is 5.32 Å². The summed E-state index contributed by atoms with van der Waals surface area (Å²) in [4.78, 5) is 4.10. The molecule has 1 heterocycles. The molecule has 0 radical (unpaired) electrons. The predicted molar refractivity (Wildman–Crippen MR) is 67.6 cm³/mol. The summed E-state index contributed by atoms with van der Waals surface area (Å²) in [5.41, 5.74) is 1.10. The van der Waals surface area contributed by atoms with Crippen LogP contribution in [-0.4, -0.2) is 11.5 Å². The Balaban J connectivity index is 1.78. The zero-order valence-corrected chi connectivity index (χ0v) is 10.5. The third-order valence-electron chi connectivity index (χ3n) is 3.48. The van der Waals surface area contributed by atoms with Gasteiger partial charge in [0, 0.05) is 17.8 Å². The molecule has 1 aromatic heterocycles. The fourth-order valence-corrected chi connectivity index (χ4v) is 2.40. The van der Waals surface area contributed by atoms with Crippen molar-refractivity contribution in [3.05, 3.63) is 29.0 Å². The van der Waals surface area contributed by atoms with Crippen LogP contribution in [0.4, 0.5) is 0 Å². The van der Waals surface area contributed by atoms with Crippen LogP contribution in [-0.2, 0) is 0 Å². The lowest BCUT2D eigenvalue weighted by atomic mass is 9.83. The highest BCUT2D eigenvalue weighted by Gasteiger charge is 2.17. The van der Waals surface area contributed by atoms with Gasteiger partial charge in [-0.05, 0) is 31.9 Å². The van der Waals surface area contributed by atoms with Gasteiger partial charge in [-0.15, -0.1) is 0 Å². The lowest BCUT2D eigenvalue weighted by molar-refractivity contribution is 0.288. The summed E-state index contributed by atoms with van der Waals surface area (Å²) in [7, 11) is 0. The summed E-state index contributed by atoms with van der Waals surface area (Å²) < 4.78 is 0. The second kappa shape index (κ2) is 5.65. The van der Waals surface area contributed by atoms with Crippen molar-refractivity contribution in [2.24, 2.45) is 5.92 Å². The molecule has 0 aliphatic heterocycles. The Bertz CT molecular complexity index is 336. The smallest absolute Gasteiger partial charge is 0.133 e. The summed E-state index contributed by atoms with van der Waals surface area (Å²) in [5.74, 6) is 0.962. The fourth-order valence-electron chi connectivity index (χ4n) is 2.12. The van der Waals surface area contributed by atoms with E-state index in [1.165, 1.54) is 25.7 Å². The van der Waals surface area contributed by atoms with Crippen LogP contribution >= 0.6 is 11.6 Å². The summed E-state index contributed by atoms with van der Waals surface area (Å²) in [5, 5.41) is 4.13. The highest BCUT2D eigenvalue weighted by atomic mass is 35.5. The van der Waals surface area contributed by atoms with Gasteiger partial charge in [0.15, 0.2) is 0 Å². The molecule has 1 atom stereocenters. The third kappa shape index (κ3) is 2.96. The lowest BCUT2D eigenvalue weighted by Crippen LogP contribution is -2.24. The van der Waals surface area contributed by atoms with E-state index in [2.05, 4.69) is 17.2 Å². The standard InChI is InChI=1S/C13H19ClN2/c1-10(12-6-3-8-16-13(12)14)15-9-7-11-4-2-5-11/h3,6,8,10-11,15H,2,4-5,7,9H2,1H3. The van der Waals surface area contributed by atoms with E-state index >= 15 is 0 Å². The Morgan fingerprint density at radius 2 is 2.38 bits per heavy atom. The van der Waals surface area contributed by atoms with Crippen molar-refractivity contribution < 1.29 is 0 Å². The number of hydrogen-bond acceptors (Lipinski definition) is 2. The first-order valence-electron chi connectivity index (χ1n) is 6.11. The second-order valence-electron chi connectivity index (χ2n) is 4.64. The van der Waals surface area contributed by atoms with Crippen molar-refractivity contribution in [3.63, 3.8) is 0 Å². The number of nitrogens with one attached hydrogen (secondary N) is 1. The topological polar surface area (TPSA) is 24.9 Å². The van der Waals surface area contributed by atoms with Gasteiger partial charge < -0.3 is 5.32 Å². The first kappa shape index (κ1) is 11.9. The molecule has 1 unspecified atom stereocenters. The van der Waals surface area contributed by atoms with Gasteiger partial charge in [-0.25, -0.2) is 4.98 Å². The zero-order chi connectivity index (χ0) is 11.4. The van der Waals surface area contributed by atoms with Crippen molar-refractivity contribution in [2.45, 2.75) is 38.6 Å². The van der Waals surface area contributed by atoms with Crippen LogP contribution in [0.15, 0.2) is 18.3 Å². The average molecular weight is 239 g/mol. The molecule has 0 amide bonds. The monoisotopic (exact) mass is 238 g/mol. The minimum atomic E-state index is 0.293. The molecule has 3 heteroatoms. The van der Waals surface area contributed by atoms with E-state index in [-0.39, 0.29) is 0 Å². The van der Waals surface area contributed by atoms with Gasteiger partial charge in [-0.3, -0.25) is 0 Å². The maximum absolute atomic E-state index is 6.05. The Morgan fingerprint density at radius 1 is 1.56 bits per heavy atom. The molecule has 0 aromatic carbocycles. The molecule has 1 fully saturated rings. The van der Waals surface area contributed by atoms with Crippen LogP contribution in [0.1, 0.15) is 44.2 Å². The van der Waals surface area contributed by atoms with Gasteiger partial charge in [-0.2, -0.15) is 0 Å². The van der Waals surface area contributed by atoms with Crippen molar-refractivity contribution in [1.29, 1.82) is 0 Å². The maximum atomic E-state index is 6.05. The molecule has 2 rings (SSSR count). The normalized spacial score (nSPS) is 18.1. The number of pyridine rings is 1. The quantitative estimate of drug-likeness (QED) is 0.794. The number of aromatic nitrogens is 1. The molecule has 1 aromatic rings. The van der Waals surface area contributed by atoms with Crippen molar-refractivity contribution >= 4 is 11.6 Å². The van der Waals surface area contributed by atoms with Gasteiger partial charge in [0.05, 0.1) is 0 Å². The first-order chi connectivity index (χ1) is 7.77. The molecule has 2 nitrogen and oxygen atoms in total. The molecule has 1 aliphatic rings. The Morgan fingerprint density at radius 3 is 3.00 bits per heavy atom. The Kier molecular flexibility index (Phi) is 4.19. The van der Waals surface area contributed by atoms with Crippen molar-refractivity contribution in [1.82, 2.24) is 10.3 Å². The van der Waals surface area contributed by atoms with E-state index in [1.54, 1.807) is 6.20 Å². The van der Waals surface area contributed by atoms with Crippen LogP contribution in [0.5, 0.6) is 0 Å². The van der Waals surface area contributed by atoms with E-state index in [0.29, 0.717) is 11.2 Å². The minimum absolute atomic E-state index is 0.293. The van der Waals surface area contributed by atoms with Crippen LogP contribution in [0, 0.1) is 5.92 Å². The minimum Gasteiger partial charge on any atom is -0.310 e. The summed E-state index contributed by atoms with van der Waals surface area (Å²) >= 11 is 6.05. The summed E-state index contributed by atoms with van der Waals surface area (Å²) in [6.07, 6.45) is 7.29. The van der Waals surface area contributed by atoms with Gasteiger partial charge >= 0.3 is 0 Å². The molecule has 1 aliphatic carbocycles. The van der Waals surface area contributed by atoms with Crippen LogP contribution in [0.2, 0.25) is 5.15 Å². The molecule has 0 bridgehead atoms. The molecule has 1 saturated carbocycles. The second-order valence-corrected chi connectivity index (χ2v) is 5.00. The summed E-state index contributed by atoms with van der Waals surface area (Å²) in [6, 6.07) is 4.27. The molecule has 88 valence electrons.